The second kappa shape index (κ2) is 13.2. The molecular formula is C22H30Cl2N2O3. The highest BCUT2D eigenvalue weighted by Crippen LogP contribution is 2.28. The lowest BCUT2D eigenvalue weighted by atomic mass is 10.2. The predicted octanol–water partition coefficient (Wildman–Crippen LogP) is 4.21. The Labute approximate surface area is 186 Å². The number of ether oxygens (including phenoxy) is 3. The largest absolute Gasteiger partial charge is 0.493 e. The average molecular weight is 441 g/mol. The zero-order valence-electron chi connectivity index (χ0n) is 17.0. The van der Waals surface area contributed by atoms with E-state index >= 15 is 0 Å². The van der Waals surface area contributed by atoms with Crippen LogP contribution in [0.4, 0.5) is 0 Å². The van der Waals surface area contributed by atoms with E-state index in [2.05, 4.69) is 22.1 Å². The lowest BCUT2D eigenvalue weighted by Crippen LogP contribution is -2.45. The topological polar surface area (TPSA) is 34.2 Å². The summed E-state index contributed by atoms with van der Waals surface area (Å²) in [6, 6.07) is 16.0. The van der Waals surface area contributed by atoms with E-state index in [0.717, 1.165) is 62.1 Å². The van der Waals surface area contributed by atoms with Gasteiger partial charge in [0.15, 0.2) is 11.5 Å². The van der Waals surface area contributed by atoms with Crippen molar-refractivity contribution in [3.05, 3.63) is 60.3 Å². The molecule has 29 heavy (non-hydrogen) atoms. The third-order valence-electron chi connectivity index (χ3n) is 4.71. The highest BCUT2D eigenvalue weighted by molar-refractivity contribution is 5.85. The van der Waals surface area contributed by atoms with E-state index in [1.165, 1.54) is 0 Å². The van der Waals surface area contributed by atoms with Crippen molar-refractivity contribution in [1.29, 1.82) is 0 Å². The van der Waals surface area contributed by atoms with E-state index in [1.54, 1.807) is 14.2 Å². The highest BCUT2D eigenvalue weighted by Gasteiger charge is 2.14. The summed E-state index contributed by atoms with van der Waals surface area (Å²) in [7, 11) is 3.31. The number of rotatable bonds is 8. The molecule has 5 nitrogen and oxygen atoms in total. The van der Waals surface area contributed by atoms with Crippen LogP contribution in [-0.4, -0.2) is 63.4 Å². The molecule has 0 spiro atoms. The number of halogens is 2. The summed E-state index contributed by atoms with van der Waals surface area (Å²) < 4.78 is 16.4. The third-order valence-corrected chi connectivity index (χ3v) is 4.71. The molecule has 1 saturated heterocycles. The summed E-state index contributed by atoms with van der Waals surface area (Å²) in [4.78, 5) is 4.80. The van der Waals surface area contributed by atoms with Crippen LogP contribution in [0.25, 0.3) is 6.08 Å². The Morgan fingerprint density at radius 1 is 0.862 bits per heavy atom. The molecule has 0 amide bonds. The molecule has 160 valence electrons. The Morgan fingerprint density at radius 2 is 1.55 bits per heavy atom. The molecule has 1 heterocycles. The van der Waals surface area contributed by atoms with Gasteiger partial charge >= 0.3 is 0 Å². The fourth-order valence-electron chi connectivity index (χ4n) is 3.09. The van der Waals surface area contributed by atoms with Gasteiger partial charge in [-0.15, -0.1) is 24.8 Å². The summed E-state index contributed by atoms with van der Waals surface area (Å²) in [6.45, 7) is 5.83. The molecule has 3 rings (SSSR count). The van der Waals surface area contributed by atoms with Crippen LogP contribution >= 0.6 is 24.8 Å². The van der Waals surface area contributed by atoms with Gasteiger partial charge in [0.1, 0.15) is 12.4 Å². The molecule has 2 aromatic rings. The van der Waals surface area contributed by atoms with E-state index in [4.69, 9.17) is 14.2 Å². The summed E-state index contributed by atoms with van der Waals surface area (Å²) in [6.07, 6.45) is 4.29. The van der Waals surface area contributed by atoms with Crippen molar-refractivity contribution in [3.8, 4) is 17.2 Å². The van der Waals surface area contributed by atoms with Gasteiger partial charge in [-0.2, -0.15) is 0 Å². The third kappa shape index (κ3) is 7.69. The van der Waals surface area contributed by atoms with Crippen LogP contribution in [0.15, 0.2) is 54.7 Å². The van der Waals surface area contributed by atoms with Gasteiger partial charge in [-0.1, -0.05) is 24.3 Å². The quantitative estimate of drug-likeness (QED) is 0.613. The van der Waals surface area contributed by atoms with Crippen LogP contribution in [0.2, 0.25) is 0 Å². The maximum absolute atomic E-state index is 5.79. The monoisotopic (exact) mass is 440 g/mol. The van der Waals surface area contributed by atoms with Gasteiger partial charge in [0.2, 0.25) is 0 Å². The number of nitrogens with zero attached hydrogens (tertiary/aromatic N) is 2. The fraction of sp³-hybridized carbons (Fsp3) is 0.364. The zero-order chi connectivity index (χ0) is 18.9. The first-order valence-electron chi connectivity index (χ1n) is 9.33. The zero-order valence-corrected chi connectivity index (χ0v) is 18.6. The maximum atomic E-state index is 5.79. The number of piperazine rings is 1. The van der Waals surface area contributed by atoms with Crippen molar-refractivity contribution in [2.75, 3.05) is 53.6 Å². The first-order chi connectivity index (χ1) is 13.3. The number of methoxy groups -OCH3 is 2. The Bertz CT molecular complexity index is 736. The normalized spacial score (nSPS) is 14.1. The van der Waals surface area contributed by atoms with E-state index in [0.29, 0.717) is 0 Å². The van der Waals surface area contributed by atoms with E-state index < -0.39 is 0 Å². The lowest BCUT2D eigenvalue weighted by molar-refractivity contribution is 0.145. The van der Waals surface area contributed by atoms with Gasteiger partial charge < -0.3 is 19.1 Å². The Hall–Kier alpha value is -2.08. The molecule has 7 heteroatoms. The fourth-order valence-corrected chi connectivity index (χ4v) is 3.09. The molecule has 0 saturated carbocycles. The van der Waals surface area contributed by atoms with Crippen LogP contribution in [0, 0.1) is 0 Å². The molecule has 0 atom stereocenters. The molecule has 0 N–H and O–H groups in total. The molecule has 0 bridgehead atoms. The summed E-state index contributed by atoms with van der Waals surface area (Å²) in [5, 5.41) is 0. The minimum Gasteiger partial charge on any atom is -0.493 e. The number of hydrogen-bond acceptors (Lipinski definition) is 5. The van der Waals surface area contributed by atoms with Gasteiger partial charge in [-0.25, -0.2) is 0 Å². The van der Waals surface area contributed by atoms with Crippen molar-refractivity contribution in [1.82, 2.24) is 9.80 Å². The van der Waals surface area contributed by atoms with Crippen molar-refractivity contribution < 1.29 is 14.2 Å². The molecule has 1 fully saturated rings. The summed E-state index contributed by atoms with van der Waals surface area (Å²) >= 11 is 0. The van der Waals surface area contributed by atoms with Crippen molar-refractivity contribution in [2.45, 2.75) is 0 Å². The Morgan fingerprint density at radius 3 is 2.21 bits per heavy atom. The maximum Gasteiger partial charge on any atom is 0.161 e. The van der Waals surface area contributed by atoms with Gasteiger partial charge in [-0.05, 0) is 42.1 Å². The highest BCUT2D eigenvalue weighted by atomic mass is 35.5. The number of benzene rings is 2. The van der Waals surface area contributed by atoms with Gasteiger partial charge in [-0.3, -0.25) is 4.90 Å². The van der Waals surface area contributed by atoms with Crippen LogP contribution in [-0.2, 0) is 0 Å². The van der Waals surface area contributed by atoms with Crippen LogP contribution in [0.1, 0.15) is 5.56 Å². The Kier molecular flexibility index (Phi) is 11.4. The molecule has 1 aliphatic heterocycles. The summed E-state index contributed by atoms with van der Waals surface area (Å²) in [5.74, 6) is 2.44. The van der Waals surface area contributed by atoms with Crippen molar-refractivity contribution in [3.63, 3.8) is 0 Å². The van der Waals surface area contributed by atoms with Crippen LogP contribution < -0.4 is 14.2 Å². The van der Waals surface area contributed by atoms with Gasteiger partial charge in [0, 0.05) is 32.7 Å². The molecule has 2 aromatic carbocycles. The molecule has 0 aliphatic carbocycles. The molecule has 1 aliphatic rings. The minimum atomic E-state index is 0. The van der Waals surface area contributed by atoms with Crippen LogP contribution in [0.3, 0.4) is 0 Å². The average Bonchev–Trinajstić information content (AvgIpc) is 2.73. The smallest absolute Gasteiger partial charge is 0.161 e. The first-order valence-corrected chi connectivity index (χ1v) is 9.33. The van der Waals surface area contributed by atoms with Crippen molar-refractivity contribution >= 4 is 30.9 Å². The molecular weight excluding hydrogens is 411 g/mol. The molecule has 0 unspecified atom stereocenters. The molecule has 0 radical (unpaired) electrons. The predicted molar refractivity (Wildman–Crippen MR) is 123 cm³/mol. The second-order valence-corrected chi connectivity index (χ2v) is 6.47. The number of hydrogen-bond donors (Lipinski definition) is 0. The second-order valence-electron chi connectivity index (χ2n) is 6.47. The van der Waals surface area contributed by atoms with E-state index in [9.17, 15) is 0 Å². The van der Waals surface area contributed by atoms with E-state index in [1.807, 2.05) is 48.5 Å². The lowest BCUT2D eigenvalue weighted by Gasteiger charge is -2.33. The SMILES string of the molecule is COc1ccc(C=CN2CCN(CCOc3ccccc3)CC2)cc1OC.Cl.Cl. The standard InChI is InChI=1S/C22H28N2O3.2ClH/c1-25-21-9-8-19(18-22(21)26-2)10-11-23-12-14-24(15-13-23)16-17-27-20-6-4-3-5-7-20;;/h3-11,18H,12-17H2,1-2H3;2*1H. The number of para-hydroxylation sites is 1. The summed E-state index contributed by atoms with van der Waals surface area (Å²) in [5.41, 5.74) is 1.10. The minimum absolute atomic E-state index is 0. The molecule has 0 aromatic heterocycles. The van der Waals surface area contributed by atoms with Gasteiger partial charge in [0.25, 0.3) is 0 Å². The van der Waals surface area contributed by atoms with Crippen LogP contribution in [0.5, 0.6) is 17.2 Å². The first kappa shape index (κ1) is 25.0. The van der Waals surface area contributed by atoms with Gasteiger partial charge in [0.05, 0.1) is 14.2 Å². The van der Waals surface area contributed by atoms with E-state index in [-0.39, 0.29) is 24.8 Å². The Balaban J connectivity index is 0.00000210. The van der Waals surface area contributed by atoms with Crippen molar-refractivity contribution in [2.24, 2.45) is 0 Å².